The maximum atomic E-state index is 12.3. The number of benzene rings is 2. The predicted octanol–water partition coefficient (Wildman–Crippen LogP) is 2.68. The van der Waals surface area contributed by atoms with Crippen molar-refractivity contribution in [2.24, 2.45) is 0 Å². The van der Waals surface area contributed by atoms with Crippen LogP contribution in [0.5, 0.6) is 11.5 Å². The fraction of sp³-hybridized carbons (Fsp3) is 0.188. The summed E-state index contributed by atoms with van der Waals surface area (Å²) >= 11 is 0. The topological polar surface area (TPSA) is 90.7 Å². The van der Waals surface area contributed by atoms with E-state index in [0.717, 1.165) is 5.56 Å². The minimum atomic E-state index is -0.870. The summed E-state index contributed by atoms with van der Waals surface area (Å²) in [5.74, 6) is 0.543. The molecule has 0 spiro atoms. The van der Waals surface area contributed by atoms with Crippen LogP contribution in [-0.4, -0.2) is 23.5 Å². The Morgan fingerprint density at radius 1 is 1.26 bits per heavy atom. The summed E-state index contributed by atoms with van der Waals surface area (Å²) in [5, 5.41) is 13.6. The van der Waals surface area contributed by atoms with E-state index in [-0.39, 0.29) is 18.0 Å². The van der Waals surface area contributed by atoms with Crippen molar-refractivity contribution in [1.82, 2.24) is 0 Å². The van der Waals surface area contributed by atoms with Gasteiger partial charge in [-0.25, -0.2) is 0 Å². The number of anilines is 1. The third kappa shape index (κ3) is 3.08. The smallest absolute Gasteiger partial charge is 0.293 e. The van der Waals surface area contributed by atoms with Gasteiger partial charge in [0.25, 0.3) is 11.6 Å². The summed E-state index contributed by atoms with van der Waals surface area (Å²) in [4.78, 5) is 22.9. The highest BCUT2D eigenvalue weighted by Gasteiger charge is 2.28. The highest BCUT2D eigenvalue weighted by molar-refractivity contribution is 5.96. The molecule has 0 radical (unpaired) electrons. The van der Waals surface area contributed by atoms with Crippen molar-refractivity contribution < 1.29 is 19.2 Å². The van der Waals surface area contributed by atoms with Gasteiger partial charge in [-0.15, -0.1) is 0 Å². The molecule has 0 saturated heterocycles. The fourth-order valence-corrected chi connectivity index (χ4v) is 2.26. The molecule has 0 aromatic heterocycles. The minimum absolute atomic E-state index is 0.0442. The maximum absolute atomic E-state index is 12.3. The first kappa shape index (κ1) is 14.8. The number of carbonyl (C=O) groups excluding carboxylic acids is 1. The number of ether oxygens (including phenoxy) is 2. The Morgan fingerprint density at radius 3 is 2.74 bits per heavy atom. The fourth-order valence-electron chi connectivity index (χ4n) is 2.26. The van der Waals surface area contributed by atoms with E-state index in [1.807, 2.05) is 0 Å². The largest absolute Gasteiger partial charge is 0.485 e. The molecule has 3 rings (SSSR count). The molecular formula is C16H14N2O5. The van der Waals surface area contributed by atoms with Crippen LogP contribution >= 0.6 is 0 Å². The van der Waals surface area contributed by atoms with Crippen LogP contribution in [0.4, 0.5) is 11.4 Å². The molecule has 2 aromatic carbocycles. The normalized spacial score (nSPS) is 15.8. The van der Waals surface area contributed by atoms with Crippen molar-refractivity contribution in [2.75, 3.05) is 11.9 Å². The van der Waals surface area contributed by atoms with Crippen molar-refractivity contribution in [3.05, 3.63) is 58.1 Å². The molecule has 1 amide bonds. The maximum Gasteiger partial charge on any atom is 0.293 e. The highest BCUT2D eigenvalue weighted by Crippen LogP contribution is 2.31. The Labute approximate surface area is 132 Å². The number of para-hydroxylation sites is 2. The first-order chi connectivity index (χ1) is 11.0. The standard InChI is InChI=1S/C16H14N2O5/c1-10-6-7-11(12(8-10)18(20)21)17-16(19)15-9-22-13-4-2-3-5-14(13)23-15/h2-8,15H,9H2,1H3,(H,17,19)/t15-/m0/s1. The SMILES string of the molecule is Cc1ccc(NC(=O)[C@@H]2COc3ccccc3O2)c([N+](=O)[O-])c1. The number of fused-ring (bicyclic) bond motifs is 1. The monoisotopic (exact) mass is 314 g/mol. The molecule has 1 aliphatic heterocycles. The van der Waals surface area contributed by atoms with Crippen LogP contribution in [0.3, 0.4) is 0 Å². The molecule has 23 heavy (non-hydrogen) atoms. The van der Waals surface area contributed by atoms with E-state index in [1.54, 1.807) is 37.3 Å². The van der Waals surface area contributed by atoms with E-state index in [1.165, 1.54) is 12.1 Å². The van der Waals surface area contributed by atoms with Gasteiger partial charge in [-0.05, 0) is 30.7 Å². The Kier molecular flexibility index (Phi) is 3.84. The van der Waals surface area contributed by atoms with Gasteiger partial charge in [-0.2, -0.15) is 0 Å². The van der Waals surface area contributed by atoms with Gasteiger partial charge >= 0.3 is 0 Å². The number of carbonyl (C=O) groups is 1. The van der Waals surface area contributed by atoms with Gasteiger partial charge < -0.3 is 14.8 Å². The first-order valence-corrected chi connectivity index (χ1v) is 6.99. The molecule has 0 bridgehead atoms. The van der Waals surface area contributed by atoms with Crippen LogP contribution in [0.2, 0.25) is 0 Å². The van der Waals surface area contributed by atoms with E-state index in [2.05, 4.69) is 5.32 Å². The average molecular weight is 314 g/mol. The second-order valence-electron chi connectivity index (χ2n) is 5.13. The van der Waals surface area contributed by atoms with Gasteiger partial charge in [0.2, 0.25) is 6.10 Å². The van der Waals surface area contributed by atoms with E-state index in [0.29, 0.717) is 11.5 Å². The quantitative estimate of drug-likeness (QED) is 0.695. The Balaban J connectivity index is 1.77. The van der Waals surface area contributed by atoms with Crippen molar-refractivity contribution in [3.8, 4) is 11.5 Å². The molecule has 1 heterocycles. The Morgan fingerprint density at radius 2 is 2.00 bits per heavy atom. The van der Waals surface area contributed by atoms with Gasteiger partial charge in [0.15, 0.2) is 11.5 Å². The van der Waals surface area contributed by atoms with Crippen molar-refractivity contribution >= 4 is 17.3 Å². The van der Waals surface area contributed by atoms with Crippen LogP contribution in [0.1, 0.15) is 5.56 Å². The van der Waals surface area contributed by atoms with Gasteiger partial charge in [0.05, 0.1) is 4.92 Å². The molecule has 1 N–H and O–H groups in total. The van der Waals surface area contributed by atoms with Crippen molar-refractivity contribution in [2.45, 2.75) is 13.0 Å². The van der Waals surface area contributed by atoms with Crippen LogP contribution in [0, 0.1) is 17.0 Å². The number of nitrogens with one attached hydrogen (secondary N) is 1. The molecule has 0 fully saturated rings. The van der Waals surface area contributed by atoms with Gasteiger partial charge in [-0.3, -0.25) is 14.9 Å². The molecule has 7 heteroatoms. The Hall–Kier alpha value is -3.09. The third-order valence-electron chi connectivity index (χ3n) is 3.41. The lowest BCUT2D eigenvalue weighted by molar-refractivity contribution is -0.384. The van der Waals surface area contributed by atoms with E-state index < -0.39 is 16.9 Å². The summed E-state index contributed by atoms with van der Waals surface area (Å²) in [5.41, 5.74) is 0.712. The zero-order chi connectivity index (χ0) is 16.4. The second kappa shape index (κ2) is 5.96. The van der Waals surface area contributed by atoms with E-state index in [4.69, 9.17) is 9.47 Å². The molecule has 1 atom stereocenters. The summed E-state index contributed by atoms with van der Waals surface area (Å²) in [6, 6.07) is 11.6. The lowest BCUT2D eigenvalue weighted by Crippen LogP contribution is -2.40. The molecule has 2 aromatic rings. The molecule has 0 saturated carbocycles. The second-order valence-corrected chi connectivity index (χ2v) is 5.13. The number of rotatable bonds is 3. The van der Waals surface area contributed by atoms with Gasteiger partial charge in [0.1, 0.15) is 12.3 Å². The molecule has 0 aliphatic carbocycles. The molecule has 1 aliphatic rings. The lowest BCUT2D eigenvalue weighted by atomic mass is 10.2. The number of nitro benzene ring substituents is 1. The molecule has 118 valence electrons. The van der Waals surface area contributed by atoms with Crippen LogP contribution in [0.15, 0.2) is 42.5 Å². The van der Waals surface area contributed by atoms with Crippen LogP contribution in [-0.2, 0) is 4.79 Å². The summed E-state index contributed by atoms with van der Waals surface area (Å²) in [6.07, 6.45) is -0.870. The van der Waals surface area contributed by atoms with E-state index >= 15 is 0 Å². The van der Waals surface area contributed by atoms with Crippen molar-refractivity contribution in [3.63, 3.8) is 0 Å². The third-order valence-corrected chi connectivity index (χ3v) is 3.41. The Bertz CT molecular complexity index is 775. The number of nitro groups is 1. The summed E-state index contributed by atoms with van der Waals surface area (Å²) in [6.45, 7) is 1.79. The highest BCUT2D eigenvalue weighted by atomic mass is 16.6. The number of nitrogens with zero attached hydrogens (tertiary/aromatic N) is 1. The minimum Gasteiger partial charge on any atom is -0.485 e. The van der Waals surface area contributed by atoms with Gasteiger partial charge in [0, 0.05) is 6.07 Å². The van der Waals surface area contributed by atoms with Crippen LogP contribution in [0.25, 0.3) is 0 Å². The number of hydrogen-bond donors (Lipinski definition) is 1. The predicted molar refractivity (Wildman–Crippen MR) is 82.8 cm³/mol. The first-order valence-electron chi connectivity index (χ1n) is 6.99. The molecule has 7 nitrogen and oxygen atoms in total. The number of aryl methyl sites for hydroxylation is 1. The summed E-state index contributed by atoms with van der Waals surface area (Å²) < 4.78 is 11.1. The van der Waals surface area contributed by atoms with Crippen molar-refractivity contribution in [1.29, 1.82) is 0 Å². The number of hydrogen-bond acceptors (Lipinski definition) is 5. The number of amides is 1. The van der Waals surface area contributed by atoms with Crippen LogP contribution < -0.4 is 14.8 Å². The average Bonchev–Trinajstić information content (AvgIpc) is 2.55. The zero-order valence-electron chi connectivity index (χ0n) is 12.3. The molecular weight excluding hydrogens is 300 g/mol. The summed E-state index contributed by atoms with van der Waals surface area (Å²) in [7, 11) is 0. The zero-order valence-corrected chi connectivity index (χ0v) is 12.3. The molecule has 0 unspecified atom stereocenters. The van der Waals surface area contributed by atoms with E-state index in [9.17, 15) is 14.9 Å². The van der Waals surface area contributed by atoms with Gasteiger partial charge in [-0.1, -0.05) is 18.2 Å². The lowest BCUT2D eigenvalue weighted by Gasteiger charge is -2.25.